The zero-order valence-corrected chi connectivity index (χ0v) is 10.0. The quantitative estimate of drug-likeness (QED) is 0.554. The van der Waals surface area contributed by atoms with Gasteiger partial charge in [-0.25, -0.2) is 0 Å². The summed E-state index contributed by atoms with van der Waals surface area (Å²) in [6, 6.07) is 9.20. The first-order chi connectivity index (χ1) is 8.68. The minimum Gasteiger partial charge on any atom is -0.370 e. The lowest BCUT2D eigenvalue weighted by Crippen LogP contribution is -2.31. The summed E-state index contributed by atoms with van der Waals surface area (Å²) in [6.45, 7) is 0.907. The molecule has 1 aromatic rings. The van der Waals surface area contributed by atoms with Crippen molar-refractivity contribution in [3.63, 3.8) is 0 Å². The molecule has 98 valence electrons. The second-order valence-corrected chi connectivity index (χ2v) is 3.61. The predicted molar refractivity (Wildman–Crippen MR) is 68.0 cm³/mol. The summed E-state index contributed by atoms with van der Waals surface area (Å²) in [6.07, 6.45) is 0. The highest BCUT2D eigenvalue weighted by molar-refractivity contribution is 5.92. The number of carbonyl (C=O) groups is 2. The lowest BCUT2D eigenvalue weighted by atomic mass is 10.3. The first-order valence-electron chi connectivity index (χ1n) is 5.60. The van der Waals surface area contributed by atoms with Gasteiger partial charge in [0.05, 0.1) is 13.2 Å². The Kier molecular flexibility index (Phi) is 6.45. The lowest BCUT2D eigenvalue weighted by molar-refractivity contribution is -0.122. The fourth-order valence-electron chi connectivity index (χ4n) is 1.25. The smallest absolute Gasteiger partial charge is 0.243 e. The molecule has 1 aromatic carbocycles. The molecular formula is C12H17N3O3. The van der Waals surface area contributed by atoms with E-state index >= 15 is 0 Å². The summed E-state index contributed by atoms with van der Waals surface area (Å²) in [5.74, 6) is -0.632. The highest BCUT2D eigenvalue weighted by Gasteiger charge is 2.00. The van der Waals surface area contributed by atoms with Gasteiger partial charge in [0.2, 0.25) is 11.8 Å². The molecule has 18 heavy (non-hydrogen) atoms. The number of hydrogen-bond acceptors (Lipinski definition) is 4. The maximum absolute atomic E-state index is 11.5. The first-order valence-corrected chi connectivity index (χ1v) is 5.60. The number of rotatable bonds is 8. The Balaban J connectivity index is 2.05. The Morgan fingerprint density at radius 1 is 1.22 bits per heavy atom. The van der Waals surface area contributed by atoms with Gasteiger partial charge in [0.15, 0.2) is 0 Å². The lowest BCUT2D eigenvalue weighted by Gasteiger charge is -2.06. The van der Waals surface area contributed by atoms with E-state index in [0.717, 1.165) is 5.69 Å². The highest BCUT2D eigenvalue weighted by Crippen LogP contribution is 2.03. The Bertz CT molecular complexity index is 381. The van der Waals surface area contributed by atoms with E-state index in [9.17, 15) is 9.59 Å². The van der Waals surface area contributed by atoms with Crippen molar-refractivity contribution < 1.29 is 14.3 Å². The predicted octanol–water partition coefficient (Wildman–Crippen LogP) is -0.283. The second kappa shape index (κ2) is 8.21. The van der Waals surface area contributed by atoms with Crippen LogP contribution in [-0.4, -0.2) is 38.1 Å². The van der Waals surface area contributed by atoms with Crippen molar-refractivity contribution in [1.29, 1.82) is 0 Å². The molecule has 0 fully saturated rings. The SMILES string of the molecule is NC(=O)COCCNCC(=O)Nc1ccccc1. The van der Waals surface area contributed by atoms with Crippen LogP contribution in [0.4, 0.5) is 5.69 Å². The number of benzene rings is 1. The van der Waals surface area contributed by atoms with E-state index in [2.05, 4.69) is 10.6 Å². The molecule has 4 N–H and O–H groups in total. The van der Waals surface area contributed by atoms with Crippen LogP contribution < -0.4 is 16.4 Å². The average molecular weight is 251 g/mol. The van der Waals surface area contributed by atoms with Crippen LogP contribution in [0, 0.1) is 0 Å². The van der Waals surface area contributed by atoms with Crippen LogP contribution in [0.2, 0.25) is 0 Å². The van der Waals surface area contributed by atoms with Gasteiger partial charge in [-0.05, 0) is 12.1 Å². The number of nitrogens with one attached hydrogen (secondary N) is 2. The number of ether oxygens (including phenoxy) is 1. The molecule has 0 bridgehead atoms. The summed E-state index contributed by atoms with van der Waals surface area (Å²) in [4.78, 5) is 21.8. The van der Waals surface area contributed by atoms with Crippen LogP contribution in [0.15, 0.2) is 30.3 Å². The Morgan fingerprint density at radius 3 is 2.61 bits per heavy atom. The second-order valence-electron chi connectivity index (χ2n) is 3.61. The van der Waals surface area contributed by atoms with E-state index in [1.165, 1.54) is 0 Å². The molecule has 0 radical (unpaired) electrons. The number of amides is 2. The summed E-state index contributed by atoms with van der Waals surface area (Å²) >= 11 is 0. The summed E-state index contributed by atoms with van der Waals surface area (Å²) < 4.78 is 4.93. The molecule has 6 nitrogen and oxygen atoms in total. The standard InChI is InChI=1S/C12H17N3O3/c13-11(16)9-18-7-6-14-8-12(17)15-10-4-2-1-3-5-10/h1-5,14H,6-9H2,(H2,13,16)(H,15,17). The van der Waals surface area contributed by atoms with Crippen molar-refractivity contribution in [2.24, 2.45) is 5.73 Å². The number of carbonyl (C=O) groups excluding carboxylic acids is 2. The molecule has 0 saturated heterocycles. The van der Waals surface area contributed by atoms with Gasteiger partial charge < -0.3 is 21.1 Å². The van der Waals surface area contributed by atoms with Gasteiger partial charge in [-0.2, -0.15) is 0 Å². The molecule has 0 unspecified atom stereocenters. The molecule has 1 rings (SSSR count). The van der Waals surface area contributed by atoms with Crippen LogP contribution in [0.3, 0.4) is 0 Å². The van der Waals surface area contributed by atoms with Gasteiger partial charge >= 0.3 is 0 Å². The number of anilines is 1. The molecule has 0 aromatic heterocycles. The molecule has 0 atom stereocenters. The van der Waals surface area contributed by atoms with Crippen molar-refractivity contribution >= 4 is 17.5 Å². The van der Waals surface area contributed by atoms with Crippen LogP contribution in [0.1, 0.15) is 0 Å². The molecule has 0 saturated carbocycles. The molecule has 2 amide bonds. The summed E-state index contributed by atoms with van der Waals surface area (Å²) in [5.41, 5.74) is 5.65. The van der Waals surface area contributed by atoms with Crippen LogP contribution in [-0.2, 0) is 14.3 Å². The minimum absolute atomic E-state index is 0.0993. The third-order valence-corrected chi connectivity index (χ3v) is 2.01. The molecular weight excluding hydrogens is 234 g/mol. The van der Waals surface area contributed by atoms with E-state index < -0.39 is 5.91 Å². The van der Waals surface area contributed by atoms with Crippen LogP contribution in [0.5, 0.6) is 0 Å². The maximum atomic E-state index is 11.5. The molecule has 0 aliphatic heterocycles. The van der Waals surface area contributed by atoms with Crippen LogP contribution in [0.25, 0.3) is 0 Å². The normalized spacial score (nSPS) is 10.0. The highest BCUT2D eigenvalue weighted by atomic mass is 16.5. The number of hydrogen-bond donors (Lipinski definition) is 3. The monoisotopic (exact) mass is 251 g/mol. The first kappa shape index (κ1) is 14.1. The van der Waals surface area contributed by atoms with Crippen molar-refractivity contribution in [2.75, 3.05) is 31.6 Å². The van der Waals surface area contributed by atoms with Crippen molar-refractivity contribution in [1.82, 2.24) is 5.32 Å². The Hall–Kier alpha value is -1.92. The van der Waals surface area contributed by atoms with E-state index in [1.807, 2.05) is 30.3 Å². The van der Waals surface area contributed by atoms with Crippen molar-refractivity contribution in [3.8, 4) is 0 Å². The van der Waals surface area contributed by atoms with Crippen molar-refractivity contribution in [3.05, 3.63) is 30.3 Å². The van der Waals surface area contributed by atoms with Gasteiger partial charge in [0.25, 0.3) is 0 Å². The molecule has 0 spiro atoms. The maximum Gasteiger partial charge on any atom is 0.243 e. The molecule has 0 aliphatic carbocycles. The number of para-hydroxylation sites is 1. The molecule has 6 heteroatoms. The number of primary amides is 1. The third kappa shape index (κ3) is 6.62. The van der Waals surface area contributed by atoms with Gasteiger partial charge in [0.1, 0.15) is 6.61 Å². The number of nitrogens with two attached hydrogens (primary N) is 1. The third-order valence-electron chi connectivity index (χ3n) is 2.01. The van der Waals surface area contributed by atoms with E-state index in [1.54, 1.807) is 0 Å². The van der Waals surface area contributed by atoms with Crippen molar-refractivity contribution in [2.45, 2.75) is 0 Å². The topological polar surface area (TPSA) is 93.5 Å². The fourth-order valence-corrected chi connectivity index (χ4v) is 1.25. The zero-order chi connectivity index (χ0) is 13.2. The van der Waals surface area contributed by atoms with E-state index in [0.29, 0.717) is 13.2 Å². The summed E-state index contributed by atoms with van der Waals surface area (Å²) in [5, 5.41) is 5.62. The summed E-state index contributed by atoms with van der Waals surface area (Å²) in [7, 11) is 0. The Labute approximate surface area is 105 Å². The molecule has 0 aliphatic rings. The van der Waals surface area contributed by atoms with Crippen LogP contribution >= 0.6 is 0 Å². The fraction of sp³-hybridized carbons (Fsp3) is 0.333. The van der Waals surface area contributed by atoms with E-state index in [-0.39, 0.29) is 19.1 Å². The minimum atomic E-state index is -0.503. The van der Waals surface area contributed by atoms with Gasteiger partial charge in [-0.3, -0.25) is 9.59 Å². The van der Waals surface area contributed by atoms with Gasteiger partial charge in [0, 0.05) is 12.2 Å². The van der Waals surface area contributed by atoms with Gasteiger partial charge in [-0.1, -0.05) is 18.2 Å². The average Bonchev–Trinajstić information content (AvgIpc) is 2.34. The zero-order valence-electron chi connectivity index (χ0n) is 10.0. The van der Waals surface area contributed by atoms with E-state index in [4.69, 9.17) is 10.5 Å². The molecule has 0 heterocycles. The van der Waals surface area contributed by atoms with Gasteiger partial charge in [-0.15, -0.1) is 0 Å². The Morgan fingerprint density at radius 2 is 1.94 bits per heavy atom. The largest absolute Gasteiger partial charge is 0.370 e.